The summed E-state index contributed by atoms with van der Waals surface area (Å²) in [5, 5.41) is 11.3. The lowest BCUT2D eigenvalue weighted by atomic mass is 9.86. The number of aromatic nitrogens is 1. The number of benzene rings is 2. The number of hydrogen-bond donors (Lipinski definition) is 1. The Bertz CT molecular complexity index is 1230. The van der Waals surface area contributed by atoms with E-state index in [4.69, 9.17) is 4.18 Å². The van der Waals surface area contributed by atoms with Crippen LogP contribution in [0.1, 0.15) is 17.5 Å². The summed E-state index contributed by atoms with van der Waals surface area (Å²) in [4.78, 5) is 12.1. The van der Waals surface area contributed by atoms with Crippen LogP contribution < -0.4 is 5.56 Å². The quantitative estimate of drug-likeness (QED) is 0.677. The Kier molecular flexibility index (Phi) is 4.37. The molecule has 0 saturated carbocycles. The lowest BCUT2D eigenvalue weighted by Crippen LogP contribution is -2.40. The third-order valence-corrected chi connectivity index (χ3v) is 6.38. The van der Waals surface area contributed by atoms with E-state index in [0.29, 0.717) is 0 Å². The molecule has 1 aliphatic heterocycles. The van der Waals surface area contributed by atoms with E-state index in [1.807, 2.05) is 6.92 Å². The van der Waals surface area contributed by atoms with Crippen molar-refractivity contribution < 1.29 is 22.1 Å². The Hall–Kier alpha value is -2.55. The second kappa shape index (κ2) is 6.51. The van der Waals surface area contributed by atoms with Crippen molar-refractivity contribution in [3.05, 3.63) is 75.8 Å². The number of aliphatic hydroxyl groups is 1. The summed E-state index contributed by atoms with van der Waals surface area (Å²) in [5.41, 5.74) is -0.544. The molecule has 4 rings (SSSR count). The molecule has 28 heavy (non-hydrogen) atoms. The minimum absolute atomic E-state index is 0.0154. The normalized spacial score (nSPS) is 19.1. The molecule has 2 aromatic carbocycles. The van der Waals surface area contributed by atoms with Gasteiger partial charge in [-0.3, -0.25) is 8.98 Å². The van der Waals surface area contributed by atoms with Crippen molar-refractivity contribution in [1.29, 1.82) is 0 Å². The van der Waals surface area contributed by atoms with Gasteiger partial charge in [-0.2, -0.15) is 8.42 Å². The number of hydrogen-bond acceptors (Lipinski definition) is 5. The molecule has 1 atom stereocenters. The molecule has 1 aromatic heterocycles. The zero-order valence-electron chi connectivity index (χ0n) is 15.1. The summed E-state index contributed by atoms with van der Waals surface area (Å²) >= 11 is 0. The van der Waals surface area contributed by atoms with Crippen LogP contribution >= 0.6 is 0 Å². The summed E-state index contributed by atoms with van der Waals surface area (Å²) in [6.45, 7) is 1.42. The van der Waals surface area contributed by atoms with Crippen LogP contribution in [0.4, 0.5) is 4.39 Å². The molecule has 0 aliphatic carbocycles. The highest BCUT2D eigenvalue weighted by Gasteiger charge is 2.38. The van der Waals surface area contributed by atoms with Gasteiger partial charge in [0, 0.05) is 30.0 Å². The minimum atomic E-state index is -4.08. The number of rotatable bonds is 4. The molecule has 6 nitrogen and oxygen atoms in total. The summed E-state index contributed by atoms with van der Waals surface area (Å²) < 4.78 is 45.7. The smallest absolute Gasteiger partial charge is 0.297 e. The Labute approximate surface area is 160 Å². The third-order valence-electron chi connectivity index (χ3n) is 5.11. The second-order valence-electron chi connectivity index (χ2n) is 6.99. The van der Waals surface area contributed by atoms with Gasteiger partial charge in [-0.1, -0.05) is 23.8 Å². The third kappa shape index (κ3) is 3.03. The molecule has 0 saturated heterocycles. The minimum Gasteiger partial charge on any atom is -0.383 e. The van der Waals surface area contributed by atoms with Gasteiger partial charge in [0.25, 0.3) is 15.7 Å². The maximum absolute atomic E-state index is 14.2. The monoisotopic (exact) mass is 403 g/mol. The van der Waals surface area contributed by atoms with Crippen molar-refractivity contribution in [2.45, 2.75) is 30.4 Å². The van der Waals surface area contributed by atoms with Crippen molar-refractivity contribution in [1.82, 2.24) is 4.57 Å². The first-order chi connectivity index (χ1) is 13.2. The van der Waals surface area contributed by atoms with E-state index >= 15 is 0 Å². The molecule has 1 N–H and O–H groups in total. The molecule has 8 heteroatoms. The molecular weight excluding hydrogens is 385 g/mol. The molecule has 2 heterocycles. The number of aryl methyl sites for hydroxylation is 2. The van der Waals surface area contributed by atoms with Gasteiger partial charge in [0.1, 0.15) is 11.4 Å². The first-order valence-corrected chi connectivity index (χ1v) is 10.1. The van der Waals surface area contributed by atoms with Gasteiger partial charge < -0.3 is 9.67 Å². The lowest BCUT2D eigenvalue weighted by Gasteiger charge is -2.34. The molecule has 1 aliphatic rings. The standard InChI is InChI=1S/C20H18FNO5S/c1-13-2-4-14(5-3-13)28(25,26)27-12-20(24)10-11-22-18(23)9-6-15-17(21)8-7-16(20)19(15)22/h2-9,24H,10-12H2,1H3. The van der Waals surface area contributed by atoms with Crippen LogP contribution in [-0.2, 0) is 26.4 Å². The van der Waals surface area contributed by atoms with E-state index in [-0.39, 0.29) is 39.9 Å². The van der Waals surface area contributed by atoms with E-state index in [2.05, 4.69) is 0 Å². The molecule has 0 amide bonds. The summed E-state index contributed by atoms with van der Waals surface area (Å²) in [5.74, 6) is -0.523. The Morgan fingerprint density at radius 3 is 2.57 bits per heavy atom. The zero-order chi connectivity index (χ0) is 20.1. The molecule has 146 valence electrons. The predicted molar refractivity (Wildman–Crippen MR) is 101 cm³/mol. The van der Waals surface area contributed by atoms with Crippen molar-refractivity contribution in [2.24, 2.45) is 0 Å². The maximum Gasteiger partial charge on any atom is 0.297 e. The Balaban J connectivity index is 1.73. The van der Waals surface area contributed by atoms with Crippen LogP contribution in [0, 0.1) is 12.7 Å². The number of nitrogens with zero attached hydrogens (tertiary/aromatic N) is 1. The summed E-state index contributed by atoms with van der Waals surface area (Å²) in [6, 6.07) is 11.4. The highest BCUT2D eigenvalue weighted by molar-refractivity contribution is 7.86. The number of halogens is 1. The maximum atomic E-state index is 14.2. The molecule has 3 aromatic rings. The van der Waals surface area contributed by atoms with E-state index < -0.39 is 28.1 Å². The van der Waals surface area contributed by atoms with Crippen molar-refractivity contribution in [2.75, 3.05) is 6.61 Å². The van der Waals surface area contributed by atoms with Crippen LogP contribution in [0.3, 0.4) is 0 Å². The van der Waals surface area contributed by atoms with E-state index in [0.717, 1.165) is 5.56 Å². The fourth-order valence-corrected chi connectivity index (χ4v) is 4.47. The van der Waals surface area contributed by atoms with E-state index in [1.54, 1.807) is 12.1 Å². The van der Waals surface area contributed by atoms with Crippen LogP contribution in [0.25, 0.3) is 10.9 Å². The lowest BCUT2D eigenvalue weighted by molar-refractivity contribution is -0.0214. The summed E-state index contributed by atoms with van der Waals surface area (Å²) in [7, 11) is -4.08. The summed E-state index contributed by atoms with van der Waals surface area (Å²) in [6.07, 6.45) is 0.0636. The topological polar surface area (TPSA) is 85.6 Å². The van der Waals surface area contributed by atoms with Gasteiger partial charge in [0.2, 0.25) is 0 Å². The molecular formula is C20H18FNO5S. The Morgan fingerprint density at radius 2 is 1.86 bits per heavy atom. The van der Waals surface area contributed by atoms with Gasteiger partial charge in [-0.25, -0.2) is 4.39 Å². The fourth-order valence-electron chi connectivity index (χ4n) is 3.51. The first-order valence-electron chi connectivity index (χ1n) is 8.72. The van der Waals surface area contributed by atoms with Crippen LogP contribution in [0.2, 0.25) is 0 Å². The van der Waals surface area contributed by atoms with Crippen molar-refractivity contribution in [3.8, 4) is 0 Å². The second-order valence-corrected chi connectivity index (χ2v) is 8.61. The fraction of sp³-hybridized carbons (Fsp3) is 0.250. The predicted octanol–water partition coefficient (Wildman–Crippen LogP) is 2.45. The van der Waals surface area contributed by atoms with Gasteiger partial charge in [-0.05, 0) is 31.2 Å². The van der Waals surface area contributed by atoms with Crippen molar-refractivity contribution >= 4 is 21.0 Å². The Morgan fingerprint density at radius 1 is 1.14 bits per heavy atom. The van der Waals surface area contributed by atoms with Gasteiger partial charge in [-0.15, -0.1) is 0 Å². The van der Waals surface area contributed by atoms with E-state index in [1.165, 1.54) is 41.0 Å². The molecule has 0 spiro atoms. The SMILES string of the molecule is Cc1ccc(S(=O)(=O)OCC2(O)CCn3c(=O)ccc4c(F)ccc2c43)cc1. The highest BCUT2D eigenvalue weighted by atomic mass is 32.2. The zero-order valence-corrected chi connectivity index (χ0v) is 15.9. The van der Waals surface area contributed by atoms with Crippen LogP contribution in [0.15, 0.2) is 58.2 Å². The van der Waals surface area contributed by atoms with E-state index in [9.17, 15) is 22.7 Å². The highest BCUT2D eigenvalue weighted by Crippen LogP contribution is 2.37. The van der Waals surface area contributed by atoms with Gasteiger partial charge >= 0.3 is 0 Å². The van der Waals surface area contributed by atoms with Crippen LogP contribution in [-0.4, -0.2) is 24.7 Å². The first kappa shape index (κ1) is 18.8. The molecule has 1 unspecified atom stereocenters. The molecule has 0 fully saturated rings. The average Bonchev–Trinajstić information content (AvgIpc) is 2.66. The number of pyridine rings is 1. The van der Waals surface area contributed by atoms with Gasteiger partial charge in [0.15, 0.2) is 0 Å². The molecule has 0 bridgehead atoms. The largest absolute Gasteiger partial charge is 0.383 e. The van der Waals surface area contributed by atoms with Crippen molar-refractivity contribution in [3.63, 3.8) is 0 Å². The van der Waals surface area contributed by atoms with Gasteiger partial charge in [0.05, 0.1) is 17.0 Å². The average molecular weight is 403 g/mol. The van der Waals surface area contributed by atoms with Crippen LogP contribution in [0.5, 0.6) is 0 Å². The molecule has 0 radical (unpaired) electrons.